The van der Waals surface area contributed by atoms with Gasteiger partial charge in [-0.25, -0.2) is 9.78 Å². The molecule has 1 N–H and O–H groups in total. The summed E-state index contributed by atoms with van der Waals surface area (Å²) in [5.41, 5.74) is -1.02. The lowest BCUT2D eigenvalue weighted by Gasteiger charge is -2.22. The van der Waals surface area contributed by atoms with Gasteiger partial charge in [0.25, 0.3) is 0 Å². The summed E-state index contributed by atoms with van der Waals surface area (Å²) in [6.07, 6.45) is -4.75. The first kappa shape index (κ1) is 11.8. The van der Waals surface area contributed by atoms with Crippen LogP contribution in [-0.2, 0) is 19.3 Å². The molecule has 0 amide bonds. The summed E-state index contributed by atoms with van der Waals surface area (Å²) in [7, 11) is 0. The van der Waals surface area contributed by atoms with Crippen molar-refractivity contribution in [1.29, 1.82) is 0 Å². The Morgan fingerprint density at radius 2 is 2.00 bits per heavy atom. The number of aromatic carboxylic acids is 1. The lowest BCUT2D eigenvalue weighted by molar-refractivity contribution is -0.148. The molecule has 1 aromatic heterocycles. The van der Waals surface area contributed by atoms with Crippen LogP contribution in [0.2, 0.25) is 0 Å². The van der Waals surface area contributed by atoms with Gasteiger partial charge < -0.3 is 9.67 Å². The lowest BCUT2D eigenvalue weighted by atomic mass is 10.2. The normalized spacial score (nSPS) is 16.9. The minimum atomic E-state index is -4.75. The first-order valence-electron chi connectivity index (χ1n) is 4.61. The van der Waals surface area contributed by atoms with Crippen LogP contribution in [0.25, 0.3) is 0 Å². The van der Waals surface area contributed by atoms with Crippen LogP contribution < -0.4 is 0 Å². The number of carboxylic acids is 1. The fraction of sp³-hybridized carbons (Fsp3) is 0.500. The Labute approximate surface area is 92.2 Å². The molecule has 94 valence electrons. The summed E-state index contributed by atoms with van der Waals surface area (Å²) in [5.74, 6) is -2.89. The number of halogens is 4. The van der Waals surface area contributed by atoms with Crippen molar-refractivity contribution in [1.82, 2.24) is 14.7 Å². The molecule has 1 aliphatic heterocycles. The number of fused-ring (bicyclic) bond motifs is 1. The fourth-order valence-electron chi connectivity index (χ4n) is 1.73. The van der Waals surface area contributed by atoms with E-state index in [0.29, 0.717) is 4.57 Å². The molecule has 2 rings (SSSR count). The van der Waals surface area contributed by atoms with Crippen molar-refractivity contribution in [2.45, 2.75) is 19.3 Å². The molecule has 17 heavy (non-hydrogen) atoms. The van der Waals surface area contributed by atoms with E-state index >= 15 is 0 Å². The highest BCUT2D eigenvalue weighted by Gasteiger charge is 2.41. The van der Waals surface area contributed by atoms with E-state index in [4.69, 9.17) is 5.11 Å². The van der Waals surface area contributed by atoms with Gasteiger partial charge in [-0.1, -0.05) is 0 Å². The summed E-state index contributed by atoms with van der Waals surface area (Å²) < 4.78 is 51.3. The number of hydrogen-bond acceptors (Lipinski definition) is 3. The van der Waals surface area contributed by atoms with Gasteiger partial charge in [0.05, 0.1) is 12.2 Å². The molecule has 2 heterocycles. The number of aromatic nitrogens is 2. The van der Waals surface area contributed by atoms with Crippen LogP contribution in [0.1, 0.15) is 22.0 Å². The topological polar surface area (TPSA) is 58.4 Å². The molecule has 5 nitrogen and oxygen atoms in total. The van der Waals surface area contributed by atoms with E-state index in [-0.39, 0.29) is 23.9 Å². The molecule has 1 aliphatic rings. The van der Waals surface area contributed by atoms with Gasteiger partial charge in [0.15, 0.2) is 5.69 Å². The van der Waals surface area contributed by atoms with Gasteiger partial charge in [-0.3, -0.25) is 0 Å². The molecule has 0 radical (unpaired) electrons. The van der Waals surface area contributed by atoms with Crippen molar-refractivity contribution < 1.29 is 27.6 Å². The molecule has 9 heteroatoms. The van der Waals surface area contributed by atoms with E-state index in [1.54, 1.807) is 0 Å². The molecule has 0 unspecified atom stereocenters. The Bertz CT molecular complexity index is 468. The second-order valence-corrected chi connectivity index (χ2v) is 3.53. The Balaban J connectivity index is 2.58. The summed E-state index contributed by atoms with van der Waals surface area (Å²) in [4.78, 5) is 13.8. The first-order valence-corrected chi connectivity index (χ1v) is 4.61. The van der Waals surface area contributed by atoms with Crippen molar-refractivity contribution in [3.63, 3.8) is 0 Å². The van der Waals surface area contributed by atoms with E-state index in [9.17, 15) is 22.4 Å². The van der Waals surface area contributed by atoms with Gasteiger partial charge in [0.1, 0.15) is 0 Å². The molecule has 0 aliphatic carbocycles. The monoisotopic (exact) mass is 253 g/mol. The van der Waals surface area contributed by atoms with Crippen molar-refractivity contribution >= 4 is 5.97 Å². The molecule has 0 atom stereocenters. The number of carboxylic acid groups (broad SMARTS) is 1. The quantitative estimate of drug-likeness (QED) is 0.605. The number of hydrogen-bond donors (Lipinski definition) is 1. The van der Waals surface area contributed by atoms with E-state index in [1.807, 2.05) is 0 Å². The van der Waals surface area contributed by atoms with Crippen LogP contribution >= 0.6 is 0 Å². The smallest absolute Gasteiger partial charge is 0.449 e. The van der Waals surface area contributed by atoms with E-state index in [0.717, 1.165) is 0 Å². The second-order valence-electron chi connectivity index (χ2n) is 3.53. The summed E-state index contributed by atoms with van der Waals surface area (Å²) in [6.45, 7) is -1.02. The zero-order valence-corrected chi connectivity index (χ0v) is 8.33. The van der Waals surface area contributed by atoms with Gasteiger partial charge >= 0.3 is 12.1 Å². The maximum absolute atomic E-state index is 12.9. The van der Waals surface area contributed by atoms with Gasteiger partial charge in [-0.05, 0) is 0 Å². The SMILES string of the molecule is O=C(O)c1nc(C(F)(F)F)n2c1CN(F)CC2. The molecule has 0 saturated carbocycles. The van der Waals surface area contributed by atoms with Crippen LogP contribution in [0.3, 0.4) is 0 Å². The van der Waals surface area contributed by atoms with Gasteiger partial charge in [-0.2, -0.15) is 13.2 Å². The third kappa shape index (κ3) is 1.97. The Morgan fingerprint density at radius 1 is 1.35 bits per heavy atom. The van der Waals surface area contributed by atoms with Gasteiger partial charge in [-0.15, -0.1) is 9.60 Å². The highest BCUT2D eigenvalue weighted by molar-refractivity contribution is 5.87. The maximum atomic E-state index is 12.9. The average molecular weight is 253 g/mol. The molecule has 0 spiro atoms. The molecule has 1 aromatic rings. The largest absolute Gasteiger partial charge is 0.476 e. The first-order chi connectivity index (χ1) is 7.80. The highest BCUT2D eigenvalue weighted by Crippen LogP contribution is 2.32. The lowest BCUT2D eigenvalue weighted by Crippen LogP contribution is -2.30. The number of rotatable bonds is 1. The van der Waals surface area contributed by atoms with Crippen molar-refractivity contribution in [2.24, 2.45) is 0 Å². The number of carbonyl (C=O) groups is 1. The number of nitrogens with zero attached hydrogens (tertiary/aromatic N) is 3. The average Bonchev–Trinajstić information content (AvgIpc) is 2.55. The Hall–Kier alpha value is -1.64. The number of imidazole rings is 1. The molecule has 0 bridgehead atoms. The summed E-state index contributed by atoms with van der Waals surface area (Å²) in [5, 5.41) is 8.98. The van der Waals surface area contributed by atoms with Crippen LogP contribution in [0.5, 0.6) is 0 Å². The third-order valence-electron chi connectivity index (χ3n) is 2.42. The molecular weight excluding hydrogens is 246 g/mol. The Morgan fingerprint density at radius 3 is 2.53 bits per heavy atom. The van der Waals surface area contributed by atoms with Crippen LogP contribution in [0.15, 0.2) is 0 Å². The zero-order valence-electron chi connectivity index (χ0n) is 8.33. The minimum absolute atomic E-state index is 0.231. The molecule has 0 fully saturated rings. The van der Waals surface area contributed by atoms with E-state index in [1.165, 1.54) is 0 Å². The minimum Gasteiger partial charge on any atom is -0.476 e. The van der Waals surface area contributed by atoms with Crippen molar-refractivity contribution in [3.8, 4) is 0 Å². The van der Waals surface area contributed by atoms with Crippen LogP contribution in [-0.4, -0.2) is 32.3 Å². The van der Waals surface area contributed by atoms with Crippen LogP contribution in [0.4, 0.5) is 17.7 Å². The third-order valence-corrected chi connectivity index (χ3v) is 2.42. The highest BCUT2D eigenvalue weighted by atomic mass is 19.4. The van der Waals surface area contributed by atoms with Gasteiger partial charge in [0.2, 0.25) is 5.82 Å². The van der Waals surface area contributed by atoms with Gasteiger partial charge in [0, 0.05) is 13.1 Å². The summed E-state index contributed by atoms with van der Waals surface area (Å²) >= 11 is 0. The van der Waals surface area contributed by atoms with Crippen molar-refractivity contribution in [2.75, 3.05) is 6.54 Å². The Kier molecular flexibility index (Phi) is 2.57. The molecule has 0 saturated heterocycles. The van der Waals surface area contributed by atoms with E-state index < -0.39 is 30.2 Å². The predicted molar refractivity (Wildman–Crippen MR) is 45.7 cm³/mol. The number of alkyl halides is 3. The molecule has 0 aromatic carbocycles. The van der Waals surface area contributed by atoms with E-state index in [2.05, 4.69) is 4.98 Å². The predicted octanol–water partition coefficient (Wildman–Crippen LogP) is 1.30. The van der Waals surface area contributed by atoms with Crippen molar-refractivity contribution in [3.05, 3.63) is 17.2 Å². The maximum Gasteiger partial charge on any atom is 0.449 e. The zero-order chi connectivity index (χ0) is 12.8. The fourth-order valence-corrected chi connectivity index (χ4v) is 1.73. The molecular formula is C8H7F4N3O2. The standard InChI is InChI=1S/C8H7F4N3O2/c9-8(10,11)7-13-5(6(16)17)4-3-14(12)1-2-15(4)7/h1-3H2,(H,16,17). The second kappa shape index (κ2) is 3.69. The summed E-state index contributed by atoms with van der Waals surface area (Å²) in [6, 6.07) is 0. The van der Waals surface area contributed by atoms with Crippen LogP contribution in [0, 0.1) is 0 Å².